The summed E-state index contributed by atoms with van der Waals surface area (Å²) in [6.07, 6.45) is 0. The van der Waals surface area contributed by atoms with Gasteiger partial charge in [0.15, 0.2) is 0 Å². The Kier molecular flexibility index (Phi) is 5.78. The fourth-order valence-electron chi connectivity index (χ4n) is 1.63. The first-order valence-corrected chi connectivity index (χ1v) is 7.92. The van der Waals surface area contributed by atoms with Crippen molar-refractivity contribution < 1.29 is 13.2 Å². The molecule has 4 nitrogen and oxygen atoms in total. The van der Waals surface area contributed by atoms with Gasteiger partial charge in [-0.25, -0.2) is 8.42 Å². The van der Waals surface area contributed by atoms with Gasteiger partial charge in [-0.15, -0.1) is 0 Å². The number of sulfonamides is 1. The van der Waals surface area contributed by atoms with E-state index in [0.717, 1.165) is 10.0 Å². The zero-order chi connectivity index (χ0) is 13.8. The lowest BCUT2D eigenvalue weighted by Gasteiger charge is -2.21. The van der Waals surface area contributed by atoms with E-state index in [1.165, 1.54) is 4.31 Å². The second-order valence-electron chi connectivity index (χ2n) is 3.90. The Balaban J connectivity index is 3.14. The van der Waals surface area contributed by atoms with Gasteiger partial charge in [0.1, 0.15) is 0 Å². The number of rotatable bonds is 6. The van der Waals surface area contributed by atoms with E-state index in [2.05, 4.69) is 15.9 Å². The van der Waals surface area contributed by atoms with Crippen LogP contribution in [0.1, 0.15) is 12.5 Å². The molecule has 102 valence electrons. The van der Waals surface area contributed by atoms with Gasteiger partial charge < -0.3 is 4.74 Å². The summed E-state index contributed by atoms with van der Waals surface area (Å²) in [6, 6.07) is 5.26. The van der Waals surface area contributed by atoms with Crippen molar-refractivity contribution in [1.82, 2.24) is 4.31 Å². The van der Waals surface area contributed by atoms with Gasteiger partial charge in [0.2, 0.25) is 10.0 Å². The van der Waals surface area contributed by atoms with Crippen LogP contribution >= 0.6 is 15.9 Å². The fraction of sp³-hybridized carbons (Fsp3) is 0.500. The molecule has 0 radical (unpaired) electrons. The standard InChI is InChI=1S/C12H18BrNO3S/c1-4-14(7-8-17-3)18(15,16)12-9-11(13)6-5-10(12)2/h5-6,9H,4,7-8H2,1-3H3. The largest absolute Gasteiger partial charge is 0.383 e. The van der Waals surface area contributed by atoms with E-state index in [1.54, 1.807) is 26.2 Å². The van der Waals surface area contributed by atoms with Crippen LogP contribution in [0.4, 0.5) is 0 Å². The van der Waals surface area contributed by atoms with Crippen LogP contribution in [0.5, 0.6) is 0 Å². The zero-order valence-corrected chi connectivity index (χ0v) is 13.2. The fourth-order valence-corrected chi connectivity index (χ4v) is 3.83. The van der Waals surface area contributed by atoms with Crippen LogP contribution in [0, 0.1) is 6.92 Å². The SMILES string of the molecule is CCN(CCOC)S(=O)(=O)c1cc(Br)ccc1C. The van der Waals surface area contributed by atoms with Crippen molar-refractivity contribution in [2.45, 2.75) is 18.7 Å². The molecule has 0 aliphatic carbocycles. The summed E-state index contributed by atoms with van der Waals surface area (Å²) in [6.45, 7) is 4.79. The molecule has 0 atom stereocenters. The molecule has 0 aromatic heterocycles. The first-order chi connectivity index (χ1) is 8.43. The van der Waals surface area contributed by atoms with Crippen LogP contribution in [0.3, 0.4) is 0 Å². The van der Waals surface area contributed by atoms with Crippen LogP contribution in [0.25, 0.3) is 0 Å². The molecule has 0 saturated carbocycles. The number of ether oxygens (including phenoxy) is 1. The summed E-state index contributed by atoms with van der Waals surface area (Å²) in [5, 5.41) is 0. The molecule has 0 bridgehead atoms. The Morgan fingerprint density at radius 3 is 2.61 bits per heavy atom. The van der Waals surface area contributed by atoms with Crippen molar-refractivity contribution in [3.63, 3.8) is 0 Å². The third kappa shape index (κ3) is 3.54. The Labute approximate surface area is 117 Å². The molecular formula is C12H18BrNO3S. The lowest BCUT2D eigenvalue weighted by atomic mass is 10.2. The highest BCUT2D eigenvalue weighted by Gasteiger charge is 2.24. The Bertz CT molecular complexity index is 502. The number of hydrogen-bond donors (Lipinski definition) is 0. The molecule has 6 heteroatoms. The molecule has 0 unspecified atom stereocenters. The van der Waals surface area contributed by atoms with Crippen LogP contribution in [-0.2, 0) is 14.8 Å². The quantitative estimate of drug-likeness (QED) is 0.802. The van der Waals surface area contributed by atoms with E-state index in [1.807, 2.05) is 13.0 Å². The Morgan fingerprint density at radius 1 is 1.39 bits per heavy atom. The van der Waals surface area contributed by atoms with Gasteiger partial charge in [-0.3, -0.25) is 0 Å². The van der Waals surface area contributed by atoms with Gasteiger partial charge in [0.25, 0.3) is 0 Å². The molecule has 0 saturated heterocycles. The highest BCUT2D eigenvalue weighted by atomic mass is 79.9. The molecule has 0 N–H and O–H groups in total. The summed E-state index contributed by atoms with van der Waals surface area (Å²) in [5.41, 5.74) is 0.745. The van der Waals surface area contributed by atoms with Crippen LogP contribution < -0.4 is 0 Å². The number of likely N-dealkylation sites (N-methyl/N-ethyl adjacent to an activating group) is 1. The molecule has 1 aromatic carbocycles. The van der Waals surface area contributed by atoms with Gasteiger partial charge in [-0.1, -0.05) is 28.9 Å². The van der Waals surface area contributed by atoms with Crippen LogP contribution in [0.2, 0.25) is 0 Å². The third-order valence-electron chi connectivity index (χ3n) is 2.67. The topological polar surface area (TPSA) is 46.6 Å². The molecule has 0 amide bonds. The second-order valence-corrected chi connectivity index (χ2v) is 6.72. The van der Waals surface area contributed by atoms with Crippen molar-refractivity contribution in [3.8, 4) is 0 Å². The number of benzene rings is 1. The average molecular weight is 336 g/mol. The van der Waals surface area contributed by atoms with Gasteiger partial charge in [0.05, 0.1) is 11.5 Å². The Hall–Kier alpha value is -0.430. The zero-order valence-electron chi connectivity index (χ0n) is 10.8. The summed E-state index contributed by atoms with van der Waals surface area (Å²) < 4.78 is 32.1. The molecule has 1 aromatic rings. The highest BCUT2D eigenvalue weighted by Crippen LogP contribution is 2.23. The number of nitrogens with zero attached hydrogens (tertiary/aromatic N) is 1. The summed E-state index contributed by atoms with van der Waals surface area (Å²) in [4.78, 5) is 0.342. The molecule has 0 heterocycles. The van der Waals surface area contributed by atoms with Crippen molar-refractivity contribution >= 4 is 26.0 Å². The number of hydrogen-bond acceptors (Lipinski definition) is 3. The van der Waals surface area contributed by atoms with E-state index < -0.39 is 10.0 Å². The Morgan fingerprint density at radius 2 is 2.06 bits per heavy atom. The third-order valence-corrected chi connectivity index (χ3v) is 5.28. The minimum atomic E-state index is -3.45. The van der Waals surface area contributed by atoms with Crippen LogP contribution in [0.15, 0.2) is 27.6 Å². The van der Waals surface area contributed by atoms with Crippen molar-refractivity contribution in [1.29, 1.82) is 0 Å². The summed E-state index contributed by atoms with van der Waals surface area (Å²) in [5.74, 6) is 0. The van der Waals surface area contributed by atoms with Gasteiger partial charge in [-0.05, 0) is 24.6 Å². The van der Waals surface area contributed by atoms with Gasteiger partial charge >= 0.3 is 0 Å². The van der Waals surface area contributed by atoms with E-state index in [-0.39, 0.29) is 0 Å². The number of aryl methyl sites for hydroxylation is 1. The lowest BCUT2D eigenvalue weighted by Crippen LogP contribution is -2.34. The first-order valence-electron chi connectivity index (χ1n) is 5.68. The van der Waals surface area contributed by atoms with E-state index in [0.29, 0.717) is 24.6 Å². The van der Waals surface area contributed by atoms with Crippen molar-refractivity contribution in [2.24, 2.45) is 0 Å². The van der Waals surface area contributed by atoms with Crippen molar-refractivity contribution in [3.05, 3.63) is 28.2 Å². The monoisotopic (exact) mass is 335 g/mol. The maximum atomic E-state index is 12.5. The molecular weight excluding hydrogens is 318 g/mol. The van der Waals surface area contributed by atoms with Gasteiger partial charge in [-0.2, -0.15) is 4.31 Å². The number of methoxy groups -OCH3 is 1. The van der Waals surface area contributed by atoms with Crippen LogP contribution in [-0.4, -0.2) is 39.5 Å². The highest BCUT2D eigenvalue weighted by molar-refractivity contribution is 9.10. The number of halogens is 1. The molecule has 0 aliphatic heterocycles. The first kappa shape index (κ1) is 15.6. The molecule has 0 fully saturated rings. The molecule has 18 heavy (non-hydrogen) atoms. The molecule has 0 spiro atoms. The predicted molar refractivity (Wildman–Crippen MR) is 75.2 cm³/mol. The minimum absolute atomic E-state index is 0.342. The van der Waals surface area contributed by atoms with E-state index in [9.17, 15) is 8.42 Å². The molecule has 0 aliphatic rings. The normalized spacial score (nSPS) is 12.1. The second kappa shape index (κ2) is 6.65. The van der Waals surface area contributed by atoms with Crippen molar-refractivity contribution in [2.75, 3.05) is 26.8 Å². The maximum absolute atomic E-state index is 12.5. The van der Waals surface area contributed by atoms with Gasteiger partial charge in [0, 0.05) is 24.7 Å². The maximum Gasteiger partial charge on any atom is 0.243 e. The minimum Gasteiger partial charge on any atom is -0.383 e. The summed E-state index contributed by atoms with van der Waals surface area (Å²) in [7, 11) is -1.89. The molecule has 1 rings (SSSR count). The van der Waals surface area contributed by atoms with E-state index >= 15 is 0 Å². The lowest BCUT2D eigenvalue weighted by molar-refractivity contribution is 0.180. The predicted octanol–water partition coefficient (Wildman–Crippen LogP) is 2.41. The average Bonchev–Trinajstić information content (AvgIpc) is 2.33. The van der Waals surface area contributed by atoms with E-state index in [4.69, 9.17) is 4.74 Å². The smallest absolute Gasteiger partial charge is 0.243 e. The summed E-state index contributed by atoms with van der Waals surface area (Å²) >= 11 is 3.30.